The number of carbonyl (C=O) groups is 1. The number of likely N-dealkylation sites (N-methyl/N-ethyl adjacent to an activating group) is 1. The van der Waals surface area contributed by atoms with E-state index < -0.39 is 0 Å². The lowest BCUT2D eigenvalue weighted by Gasteiger charge is -2.28. The van der Waals surface area contributed by atoms with E-state index in [1.165, 1.54) is 0 Å². The summed E-state index contributed by atoms with van der Waals surface area (Å²) < 4.78 is 15.9. The fourth-order valence-electron chi connectivity index (χ4n) is 2.61. The first-order valence-corrected chi connectivity index (χ1v) is 8.49. The summed E-state index contributed by atoms with van der Waals surface area (Å²) in [5, 5.41) is 3.94. The standard InChI is InChI=1S/C18H23N3O4/c1-21(18(22)13-4-3-5-13)11-10-16-19-17(25-20-16)12-24-15-8-6-14(23-2)7-9-15/h6-9,13H,3-5,10-12H2,1-2H3. The molecular formula is C18H23N3O4. The SMILES string of the molecule is COc1ccc(OCc2nc(CCN(C)C(=O)C3CCC3)no2)cc1. The molecule has 0 spiro atoms. The van der Waals surface area contributed by atoms with E-state index in [2.05, 4.69) is 10.1 Å². The average Bonchev–Trinajstić information content (AvgIpc) is 3.04. The number of methoxy groups -OCH3 is 1. The summed E-state index contributed by atoms with van der Waals surface area (Å²) in [6.07, 6.45) is 3.75. The Balaban J connectivity index is 1.44. The van der Waals surface area contributed by atoms with E-state index in [1.54, 1.807) is 12.0 Å². The number of aromatic nitrogens is 2. The smallest absolute Gasteiger partial charge is 0.264 e. The third-order valence-electron chi connectivity index (χ3n) is 4.43. The monoisotopic (exact) mass is 345 g/mol. The molecule has 0 N–H and O–H groups in total. The number of ether oxygens (including phenoxy) is 2. The largest absolute Gasteiger partial charge is 0.497 e. The van der Waals surface area contributed by atoms with Crippen molar-refractivity contribution in [3.05, 3.63) is 36.0 Å². The second-order valence-electron chi connectivity index (χ2n) is 6.21. The van der Waals surface area contributed by atoms with Gasteiger partial charge in [-0.1, -0.05) is 11.6 Å². The van der Waals surface area contributed by atoms with Gasteiger partial charge in [0, 0.05) is 25.9 Å². The normalized spacial score (nSPS) is 14.0. The molecule has 2 aromatic rings. The second-order valence-corrected chi connectivity index (χ2v) is 6.21. The highest BCUT2D eigenvalue weighted by Gasteiger charge is 2.27. The van der Waals surface area contributed by atoms with Crippen molar-refractivity contribution in [3.8, 4) is 11.5 Å². The first-order chi connectivity index (χ1) is 12.2. The summed E-state index contributed by atoms with van der Waals surface area (Å²) in [5.74, 6) is 2.90. The summed E-state index contributed by atoms with van der Waals surface area (Å²) >= 11 is 0. The molecule has 0 atom stereocenters. The fourth-order valence-corrected chi connectivity index (χ4v) is 2.61. The summed E-state index contributed by atoms with van der Waals surface area (Å²) in [6.45, 7) is 0.795. The minimum absolute atomic E-state index is 0.205. The van der Waals surface area contributed by atoms with Gasteiger partial charge in [-0.05, 0) is 37.1 Å². The summed E-state index contributed by atoms with van der Waals surface area (Å²) in [7, 11) is 3.45. The van der Waals surface area contributed by atoms with E-state index in [9.17, 15) is 4.79 Å². The van der Waals surface area contributed by atoms with E-state index in [0.29, 0.717) is 30.4 Å². The van der Waals surface area contributed by atoms with E-state index in [1.807, 2.05) is 31.3 Å². The highest BCUT2D eigenvalue weighted by Crippen LogP contribution is 2.27. The Morgan fingerprint density at radius 2 is 2.00 bits per heavy atom. The zero-order valence-corrected chi connectivity index (χ0v) is 14.6. The summed E-state index contributed by atoms with van der Waals surface area (Å²) in [6, 6.07) is 7.28. The lowest BCUT2D eigenvalue weighted by molar-refractivity contribution is -0.136. The number of hydrogen-bond donors (Lipinski definition) is 0. The van der Waals surface area contributed by atoms with E-state index in [0.717, 1.165) is 25.0 Å². The van der Waals surface area contributed by atoms with Crippen molar-refractivity contribution in [2.75, 3.05) is 20.7 Å². The lowest BCUT2D eigenvalue weighted by atomic mass is 9.84. The van der Waals surface area contributed by atoms with Crippen molar-refractivity contribution < 1.29 is 18.8 Å². The van der Waals surface area contributed by atoms with Crippen LogP contribution in [0, 0.1) is 5.92 Å². The maximum atomic E-state index is 12.1. The van der Waals surface area contributed by atoms with E-state index in [4.69, 9.17) is 14.0 Å². The molecule has 1 amide bonds. The van der Waals surface area contributed by atoms with Gasteiger partial charge >= 0.3 is 0 Å². The van der Waals surface area contributed by atoms with Crippen molar-refractivity contribution >= 4 is 5.91 Å². The first kappa shape index (κ1) is 17.3. The van der Waals surface area contributed by atoms with Crippen LogP contribution in [0.1, 0.15) is 31.0 Å². The fraction of sp³-hybridized carbons (Fsp3) is 0.500. The van der Waals surface area contributed by atoms with Crippen LogP contribution >= 0.6 is 0 Å². The number of rotatable bonds is 8. The number of amides is 1. The second kappa shape index (κ2) is 8.00. The van der Waals surface area contributed by atoms with Crippen molar-refractivity contribution in [1.29, 1.82) is 0 Å². The summed E-state index contributed by atoms with van der Waals surface area (Å²) in [5.41, 5.74) is 0. The molecule has 1 aromatic heterocycles. The number of benzene rings is 1. The third kappa shape index (κ3) is 4.49. The van der Waals surface area contributed by atoms with Gasteiger partial charge < -0.3 is 18.9 Å². The van der Waals surface area contributed by atoms with Crippen molar-refractivity contribution in [3.63, 3.8) is 0 Å². The highest BCUT2D eigenvalue weighted by molar-refractivity contribution is 5.79. The molecular weight excluding hydrogens is 322 g/mol. The van der Waals surface area contributed by atoms with Crippen LogP contribution in [0.25, 0.3) is 0 Å². The Hall–Kier alpha value is -2.57. The van der Waals surface area contributed by atoms with Gasteiger partial charge in [-0.3, -0.25) is 4.79 Å². The van der Waals surface area contributed by atoms with Gasteiger partial charge in [-0.25, -0.2) is 0 Å². The first-order valence-electron chi connectivity index (χ1n) is 8.49. The molecule has 134 valence electrons. The van der Waals surface area contributed by atoms with Gasteiger partial charge in [-0.2, -0.15) is 4.98 Å². The molecule has 1 fully saturated rings. The zero-order valence-electron chi connectivity index (χ0n) is 14.6. The molecule has 1 aromatic carbocycles. The van der Waals surface area contributed by atoms with Gasteiger partial charge in [0.2, 0.25) is 5.91 Å². The van der Waals surface area contributed by atoms with Crippen LogP contribution in [0.3, 0.4) is 0 Å². The molecule has 1 aliphatic carbocycles. The summed E-state index contributed by atoms with van der Waals surface area (Å²) in [4.78, 5) is 18.2. The Labute approximate surface area is 146 Å². The molecule has 7 nitrogen and oxygen atoms in total. The van der Waals surface area contributed by atoms with Crippen LogP contribution in [0.2, 0.25) is 0 Å². The van der Waals surface area contributed by atoms with Crippen LogP contribution in [-0.4, -0.2) is 41.6 Å². The zero-order chi connectivity index (χ0) is 17.6. The molecule has 1 saturated carbocycles. The molecule has 7 heteroatoms. The quantitative estimate of drug-likeness (QED) is 0.731. The van der Waals surface area contributed by atoms with Gasteiger partial charge in [0.1, 0.15) is 11.5 Å². The Morgan fingerprint density at radius 1 is 1.28 bits per heavy atom. The van der Waals surface area contributed by atoms with Crippen LogP contribution in [0.4, 0.5) is 0 Å². The van der Waals surface area contributed by atoms with Gasteiger partial charge in [0.15, 0.2) is 12.4 Å². The number of carbonyl (C=O) groups excluding carboxylic acids is 1. The molecule has 1 heterocycles. The molecule has 3 rings (SSSR count). The minimum Gasteiger partial charge on any atom is -0.497 e. The van der Waals surface area contributed by atoms with Crippen LogP contribution in [-0.2, 0) is 17.8 Å². The van der Waals surface area contributed by atoms with Crippen molar-refractivity contribution in [1.82, 2.24) is 15.0 Å². The van der Waals surface area contributed by atoms with Gasteiger partial charge in [0.05, 0.1) is 7.11 Å². The maximum absolute atomic E-state index is 12.1. The average molecular weight is 345 g/mol. The highest BCUT2D eigenvalue weighted by atomic mass is 16.5. The maximum Gasteiger partial charge on any atom is 0.264 e. The minimum atomic E-state index is 0.205. The van der Waals surface area contributed by atoms with E-state index in [-0.39, 0.29) is 18.4 Å². The van der Waals surface area contributed by atoms with Gasteiger partial charge in [0.25, 0.3) is 5.89 Å². The van der Waals surface area contributed by atoms with Crippen molar-refractivity contribution in [2.24, 2.45) is 5.92 Å². The Bertz CT molecular complexity index is 695. The van der Waals surface area contributed by atoms with Gasteiger partial charge in [-0.15, -0.1) is 0 Å². The molecule has 0 unspecified atom stereocenters. The molecule has 1 aliphatic rings. The molecule has 0 aliphatic heterocycles. The lowest BCUT2D eigenvalue weighted by Crippen LogP contribution is -2.37. The van der Waals surface area contributed by atoms with Crippen molar-refractivity contribution in [2.45, 2.75) is 32.3 Å². The predicted molar refractivity (Wildman–Crippen MR) is 90.3 cm³/mol. The van der Waals surface area contributed by atoms with Crippen LogP contribution < -0.4 is 9.47 Å². The van der Waals surface area contributed by atoms with Crippen LogP contribution in [0.15, 0.2) is 28.8 Å². The molecule has 0 radical (unpaired) electrons. The van der Waals surface area contributed by atoms with Crippen LogP contribution in [0.5, 0.6) is 11.5 Å². The third-order valence-corrected chi connectivity index (χ3v) is 4.43. The Morgan fingerprint density at radius 3 is 2.64 bits per heavy atom. The molecule has 0 saturated heterocycles. The number of nitrogens with zero attached hydrogens (tertiary/aromatic N) is 3. The topological polar surface area (TPSA) is 77.7 Å². The number of hydrogen-bond acceptors (Lipinski definition) is 6. The Kier molecular flexibility index (Phi) is 5.53. The van der Waals surface area contributed by atoms with E-state index >= 15 is 0 Å². The predicted octanol–water partition coefficient (Wildman–Crippen LogP) is 2.46. The molecule has 25 heavy (non-hydrogen) atoms. The molecule has 0 bridgehead atoms.